The summed E-state index contributed by atoms with van der Waals surface area (Å²) >= 11 is 0. The zero-order valence-electron chi connectivity index (χ0n) is 18.8. The van der Waals surface area contributed by atoms with Crippen molar-refractivity contribution >= 4 is 23.6 Å². The number of rotatable bonds is 5. The number of hydrogen-bond donors (Lipinski definition) is 0. The predicted molar refractivity (Wildman–Crippen MR) is 119 cm³/mol. The molecule has 6 nitrogen and oxygen atoms in total. The topological polar surface area (TPSA) is 80.8 Å². The summed E-state index contributed by atoms with van der Waals surface area (Å²) in [6.07, 6.45) is 7.95. The molecule has 1 aliphatic heterocycles. The van der Waals surface area contributed by atoms with E-state index in [0.717, 1.165) is 12.0 Å². The molecule has 6 atom stereocenters. The summed E-state index contributed by atoms with van der Waals surface area (Å²) in [5.74, 6) is 0.544. The third-order valence-electron chi connectivity index (χ3n) is 8.81. The molecule has 6 aliphatic rings. The molecule has 0 unspecified atom stereocenters. The lowest BCUT2D eigenvalue weighted by atomic mass is 9.63. The average Bonchev–Trinajstić information content (AvgIpc) is 3.61. The number of carbonyl (C=O) groups excluding carboxylic acids is 4. The second-order valence-electron chi connectivity index (χ2n) is 10.6. The number of amides is 2. The summed E-state index contributed by atoms with van der Waals surface area (Å²) in [7, 11) is 0. The fourth-order valence-corrected chi connectivity index (χ4v) is 6.99. The maximum absolute atomic E-state index is 13.3. The van der Waals surface area contributed by atoms with Gasteiger partial charge >= 0.3 is 5.97 Å². The normalized spacial score (nSPS) is 38.2. The van der Waals surface area contributed by atoms with Crippen LogP contribution in [-0.2, 0) is 19.1 Å². The summed E-state index contributed by atoms with van der Waals surface area (Å²) in [5.41, 5.74) is 1.60. The Morgan fingerprint density at radius 2 is 1.48 bits per heavy atom. The van der Waals surface area contributed by atoms with E-state index in [1.807, 2.05) is 19.1 Å². The zero-order valence-corrected chi connectivity index (χ0v) is 18.8. The molecule has 2 bridgehead atoms. The lowest BCUT2D eigenvalue weighted by molar-refractivity contribution is -0.149. The van der Waals surface area contributed by atoms with Crippen LogP contribution >= 0.6 is 0 Å². The highest BCUT2D eigenvalue weighted by Crippen LogP contribution is 2.65. The second-order valence-corrected chi connectivity index (χ2v) is 10.6. The summed E-state index contributed by atoms with van der Waals surface area (Å²) in [4.78, 5) is 53.0. The highest BCUT2D eigenvalue weighted by molar-refractivity contribution is 6.06. The summed E-state index contributed by atoms with van der Waals surface area (Å²) in [6, 6.07) is 7.08. The Hall–Kier alpha value is -2.76. The van der Waals surface area contributed by atoms with E-state index >= 15 is 0 Å². The van der Waals surface area contributed by atoms with Crippen LogP contribution in [0.4, 0.5) is 0 Å². The number of hydrogen-bond acceptors (Lipinski definition) is 5. The Morgan fingerprint density at radius 3 is 2.06 bits per heavy atom. The number of carbonyl (C=O) groups is 4. The van der Waals surface area contributed by atoms with Gasteiger partial charge in [-0.15, -0.1) is 0 Å². The molecule has 1 aromatic carbocycles. The molecular formula is C27H29NO5. The van der Waals surface area contributed by atoms with Gasteiger partial charge in [-0.05, 0) is 62.7 Å². The molecule has 0 spiro atoms. The Kier molecular flexibility index (Phi) is 4.82. The number of ether oxygens (including phenoxy) is 1. The Balaban J connectivity index is 1.04. The molecular weight excluding hydrogens is 418 g/mol. The van der Waals surface area contributed by atoms with Crippen molar-refractivity contribution in [3.05, 3.63) is 47.5 Å². The average molecular weight is 448 g/mol. The molecule has 0 radical (unpaired) electrons. The molecule has 2 amide bonds. The van der Waals surface area contributed by atoms with Crippen LogP contribution in [0.25, 0.3) is 0 Å². The van der Waals surface area contributed by atoms with Gasteiger partial charge in [0.15, 0.2) is 12.4 Å². The van der Waals surface area contributed by atoms with E-state index in [0.29, 0.717) is 43.1 Å². The van der Waals surface area contributed by atoms with Crippen LogP contribution in [0.1, 0.15) is 48.0 Å². The van der Waals surface area contributed by atoms with Crippen LogP contribution in [0.3, 0.4) is 0 Å². The molecule has 3 saturated carbocycles. The van der Waals surface area contributed by atoms with Gasteiger partial charge in [-0.1, -0.05) is 42.0 Å². The molecule has 6 heteroatoms. The number of imide groups is 1. The maximum Gasteiger partial charge on any atom is 0.309 e. The third kappa shape index (κ3) is 3.29. The number of benzene rings is 1. The smallest absolute Gasteiger partial charge is 0.309 e. The van der Waals surface area contributed by atoms with Crippen molar-refractivity contribution in [1.29, 1.82) is 0 Å². The molecule has 172 valence electrons. The van der Waals surface area contributed by atoms with Gasteiger partial charge in [0, 0.05) is 11.6 Å². The van der Waals surface area contributed by atoms with Crippen molar-refractivity contribution < 1.29 is 23.9 Å². The van der Waals surface area contributed by atoms with E-state index < -0.39 is 0 Å². The van der Waals surface area contributed by atoms with Crippen LogP contribution in [0, 0.1) is 48.3 Å². The van der Waals surface area contributed by atoms with Gasteiger partial charge in [0.05, 0.1) is 17.8 Å². The van der Waals surface area contributed by atoms with E-state index in [4.69, 9.17) is 4.74 Å². The van der Waals surface area contributed by atoms with Crippen molar-refractivity contribution in [2.45, 2.75) is 45.1 Å². The lowest BCUT2D eigenvalue weighted by Gasteiger charge is -2.37. The van der Waals surface area contributed by atoms with Crippen molar-refractivity contribution in [2.75, 3.05) is 6.61 Å². The van der Waals surface area contributed by atoms with Crippen molar-refractivity contribution in [2.24, 2.45) is 41.4 Å². The van der Waals surface area contributed by atoms with Gasteiger partial charge < -0.3 is 4.74 Å². The summed E-state index contributed by atoms with van der Waals surface area (Å²) in [6.45, 7) is 1.69. The minimum atomic E-state index is -0.357. The SMILES string of the molecule is Cc1ccc(C(=O)COC(=O)C2CCC(N3C(=O)[C@@H]4[C@@H]5C=C[C@H]([C@H]6C[C@H]56)[C@@H]4C3=O)CC2)cc1. The van der Waals surface area contributed by atoms with E-state index in [1.165, 1.54) is 0 Å². The number of nitrogens with zero attached hydrogens (tertiary/aromatic N) is 1. The van der Waals surface area contributed by atoms with Crippen LogP contribution in [-0.4, -0.2) is 41.1 Å². The van der Waals surface area contributed by atoms with Crippen molar-refractivity contribution in [3.8, 4) is 0 Å². The highest BCUT2D eigenvalue weighted by atomic mass is 16.5. The molecule has 5 aliphatic carbocycles. The lowest BCUT2D eigenvalue weighted by Crippen LogP contribution is -2.44. The molecule has 0 N–H and O–H groups in total. The second kappa shape index (κ2) is 7.64. The minimum absolute atomic E-state index is 0.0180. The largest absolute Gasteiger partial charge is 0.457 e. The highest BCUT2D eigenvalue weighted by Gasteiger charge is 2.67. The Morgan fingerprint density at radius 1 is 0.909 bits per heavy atom. The number of likely N-dealkylation sites (tertiary alicyclic amines) is 1. The summed E-state index contributed by atoms with van der Waals surface area (Å²) < 4.78 is 5.32. The van der Waals surface area contributed by atoms with Gasteiger partial charge in [0.25, 0.3) is 0 Å². The minimum Gasteiger partial charge on any atom is -0.457 e. The van der Waals surface area contributed by atoms with Crippen molar-refractivity contribution in [1.82, 2.24) is 4.90 Å². The fraction of sp³-hybridized carbons (Fsp3) is 0.556. The van der Waals surface area contributed by atoms with E-state index in [1.54, 1.807) is 17.0 Å². The molecule has 0 aromatic heterocycles. The molecule has 1 aromatic rings. The third-order valence-corrected chi connectivity index (χ3v) is 8.81. The predicted octanol–water partition coefficient (Wildman–Crippen LogP) is 3.33. The van der Waals surface area contributed by atoms with Crippen LogP contribution in [0.2, 0.25) is 0 Å². The number of esters is 1. The number of allylic oxidation sites excluding steroid dienone is 2. The van der Waals surface area contributed by atoms with E-state index in [-0.39, 0.29) is 65.8 Å². The Bertz CT molecular complexity index is 1010. The van der Waals surface area contributed by atoms with Gasteiger partial charge in [-0.3, -0.25) is 24.1 Å². The van der Waals surface area contributed by atoms with Gasteiger partial charge in [0.1, 0.15) is 0 Å². The van der Waals surface area contributed by atoms with E-state index in [2.05, 4.69) is 12.2 Å². The first-order valence-corrected chi connectivity index (χ1v) is 12.3. The number of aryl methyl sites for hydroxylation is 1. The standard InChI is InChI=1S/C27H29NO5/c1-14-2-4-15(5-3-14)22(29)13-33-27(32)16-6-8-17(9-7-16)28-25(30)23-18-10-11-19(21-12-20(18)21)24(23)26(28)31/h2-5,10-11,16-21,23-24H,6-9,12-13H2,1H3/t16?,17?,18-,19-,20-,21-,23-,24+/m1/s1. The first kappa shape index (κ1) is 20.8. The monoisotopic (exact) mass is 447 g/mol. The quantitative estimate of drug-likeness (QED) is 0.299. The molecule has 1 saturated heterocycles. The fourth-order valence-electron chi connectivity index (χ4n) is 6.99. The molecule has 4 fully saturated rings. The number of ketones is 1. The maximum atomic E-state index is 13.3. The van der Waals surface area contributed by atoms with Gasteiger partial charge in [0.2, 0.25) is 11.8 Å². The zero-order chi connectivity index (χ0) is 22.9. The first-order chi connectivity index (χ1) is 15.9. The van der Waals surface area contributed by atoms with Crippen LogP contribution in [0.15, 0.2) is 36.4 Å². The number of Topliss-reactive ketones (excluding diaryl/α,β-unsaturated/α-hetero) is 1. The summed E-state index contributed by atoms with van der Waals surface area (Å²) in [5, 5.41) is 0. The molecule has 33 heavy (non-hydrogen) atoms. The Labute approximate surface area is 193 Å². The molecule has 1 heterocycles. The van der Waals surface area contributed by atoms with Crippen molar-refractivity contribution in [3.63, 3.8) is 0 Å². The van der Waals surface area contributed by atoms with Gasteiger partial charge in [-0.25, -0.2) is 0 Å². The van der Waals surface area contributed by atoms with E-state index in [9.17, 15) is 19.2 Å². The van der Waals surface area contributed by atoms with Crippen LogP contribution in [0.5, 0.6) is 0 Å². The van der Waals surface area contributed by atoms with Crippen LogP contribution < -0.4 is 0 Å². The molecule has 7 rings (SSSR count). The first-order valence-electron chi connectivity index (χ1n) is 12.3. The van der Waals surface area contributed by atoms with Gasteiger partial charge in [-0.2, -0.15) is 0 Å².